The number of sulfonamides is 1. The van der Waals surface area contributed by atoms with Gasteiger partial charge in [0.25, 0.3) is 0 Å². The van der Waals surface area contributed by atoms with Crippen molar-refractivity contribution in [2.75, 3.05) is 35.6 Å². The molecule has 1 fully saturated rings. The fraction of sp³-hybridized carbons (Fsp3) is 0.318. The molecule has 13 heteroatoms. The Balaban J connectivity index is 1.65. The SMILES string of the molecule is C=S(C)(=O)Nc1cc(F)c2c(Nc3ccc(F)cc3OC3CCCN(S(C)(=O)=O)C3)ncnc2c1. The molecule has 2 heterocycles. The van der Waals surface area contributed by atoms with Crippen molar-refractivity contribution < 1.29 is 26.1 Å². The number of rotatable bonds is 7. The van der Waals surface area contributed by atoms with Crippen molar-refractivity contribution in [1.29, 1.82) is 0 Å². The number of nitrogens with one attached hydrogen (secondary N) is 2. The van der Waals surface area contributed by atoms with E-state index >= 15 is 4.39 Å². The van der Waals surface area contributed by atoms with Gasteiger partial charge in [-0.15, -0.1) is 0 Å². The third kappa shape index (κ3) is 6.16. The monoisotopic (exact) mass is 525 g/mol. The molecule has 3 aromatic rings. The summed E-state index contributed by atoms with van der Waals surface area (Å²) in [5, 5.41) is 3.05. The minimum Gasteiger partial charge on any atom is -0.487 e. The van der Waals surface area contributed by atoms with Crippen molar-refractivity contribution in [3.05, 3.63) is 48.3 Å². The number of benzene rings is 2. The number of hydrogen-bond acceptors (Lipinski definition) is 7. The number of piperidine rings is 1. The molecule has 1 aliphatic rings. The van der Waals surface area contributed by atoms with Crippen LogP contribution in [0.15, 0.2) is 36.7 Å². The number of ether oxygens (including phenoxy) is 1. The summed E-state index contributed by atoms with van der Waals surface area (Å²) in [6.07, 6.45) is 4.47. The van der Waals surface area contributed by atoms with Crippen LogP contribution in [-0.4, -0.2) is 64.5 Å². The Morgan fingerprint density at radius 3 is 2.63 bits per heavy atom. The van der Waals surface area contributed by atoms with Gasteiger partial charge in [0.15, 0.2) is 0 Å². The van der Waals surface area contributed by atoms with E-state index in [9.17, 15) is 17.0 Å². The first kappa shape index (κ1) is 25.1. The number of aromatic nitrogens is 2. The van der Waals surface area contributed by atoms with E-state index in [1.807, 2.05) is 0 Å². The van der Waals surface area contributed by atoms with Crippen LogP contribution in [0.4, 0.5) is 26.0 Å². The standard InChI is InChI=1S/C22H25F2N5O4S2/c1-34(2,30)28-15-10-17(24)21-19(11-15)25-13-26-22(21)27-18-7-6-14(23)9-20(18)33-16-5-4-8-29(12-16)35(3,31)32/h6-7,9-11,13,16H,1,4-5,8,12H2,2-3H3,(H,28,30)(H,25,26,27). The van der Waals surface area contributed by atoms with E-state index in [4.69, 9.17) is 4.74 Å². The molecule has 4 rings (SSSR count). The normalized spacial score (nSPS) is 18.7. The van der Waals surface area contributed by atoms with Gasteiger partial charge in [0.1, 0.15) is 35.6 Å². The maximum absolute atomic E-state index is 15.1. The lowest BCUT2D eigenvalue weighted by molar-refractivity contribution is 0.130. The average Bonchev–Trinajstić information content (AvgIpc) is 2.74. The first-order valence-electron chi connectivity index (χ1n) is 10.6. The molecule has 35 heavy (non-hydrogen) atoms. The van der Waals surface area contributed by atoms with E-state index in [1.54, 1.807) is 0 Å². The van der Waals surface area contributed by atoms with Crippen LogP contribution < -0.4 is 14.8 Å². The summed E-state index contributed by atoms with van der Waals surface area (Å²) >= 11 is 0. The molecule has 0 saturated carbocycles. The maximum Gasteiger partial charge on any atom is 0.211 e. The van der Waals surface area contributed by atoms with Crippen molar-refractivity contribution in [3.63, 3.8) is 0 Å². The van der Waals surface area contributed by atoms with Gasteiger partial charge in [-0.1, -0.05) is 0 Å². The Morgan fingerprint density at radius 1 is 1.14 bits per heavy atom. The molecule has 0 radical (unpaired) electrons. The van der Waals surface area contributed by atoms with Crippen LogP contribution in [0.1, 0.15) is 12.8 Å². The van der Waals surface area contributed by atoms with Gasteiger partial charge < -0.3 is 14.8 Å². The fourth-order valence-corrected chi connectivity index (χ4v) is 5.37. The van der Waals surface area contributed by atoms with Crippen LogP contribution in [0.3, 0.4) is 0 Å². The molecule has 1 aliphatic heterocycles. The summed E-state index contributed by atoms with van der Waals surface area (Å²) in [5.74, 6) is 2.53. The van der Waals surface area contributed by atoms with Crippen molar-refractivity contribution >= 4 is 53.7 Å². The number of anilines is 3. The lowest BCUT2D eigenvalue weighted by atomic mass is 10.1. The van der Waals surface area contributed by atoms with Crippen LogP contribution in [-0.2, 0) is 19.7 Å². The predicted octanol–water partition coefficient (Wildman–Crippen LogP) is 3.13. The van der Waals surface area contributed by atoms with Gasteiger partial charge in [0, 0.05) is 28.6 Å². The second-order valence-electron chi connectivity index (χ2n) is 8.45. The summed E-state index contributed by atoms with van der Waals surface area (Å²) in [6, 6.07) is 6.50. The Kier molecular flexibility index (Phi) is 6.84. The van der Waals surface area contributed by atoms with Crippen molar-refractivity contribution in [2.45, 2.75) is 18.9 Å². The van der Waals surface area contributed by atoms with E-state index in [0.717, 1.165) is 12.3 Å². The van der Waals surface area contributed by atoms with Gasteiger partial charge in [0.05, 0.1) is 35.1 Å². The van der Waals surface area contributed by atoms with Gasteiger partial charge in [-0.05, 0) is 43.0 Å². The largest absolute Gasteiger partial charge is 0.487 e. The second-order valence-corrected chi connectivity index (χ2v) is 12.6. The predicted molar refractivity (Wildman–Crippen MR) is 134 cm³/mol. The third-order valence-corrected chi connectivity index (χ3v) is 7.26. The highest BCUT2D eigenvalue weighted by Crippen LogP contribution is 2.34. The highest BCUT2D eigenvalue weighted by atomic mass is 32.2. The molecular weight excluding hydrogens is 500 g/mol. The van der Waals surface area contributed by atoms with Crippen LogP contribution >= 0.6 is 0 Å². The third-order valence-electron chi connectivity index (χ3n) is 5.32. The zero-order valence-corrected chi connectivity index (χ0v) is 20.8. The second kappa shape index (κ2) is 9.55. The van der Waals surface area contributed by atoms with Gasteiger partial charge in [-0.3, -0.25) is 0 Å². The summed E-state index contributed by atoms with van der Waals surface area (Å²) in [6.45, 7) is 0.541. The smallest absolute Gasteiger partial charge is 0.211 e. The van der Waals surface area contributed by atoms with Crippen molar-refractivity contribution in [2.24, 2.45) is 0 Å². The minimum atomic E-state index is -3.38. The lowest BCUT2D eigenvalue weighted by Crippen LogP contribution is -2.43. The molecule has 0 amide bonds. The zero-order chi connectivity index (χ0) is 25.4. The summed E-state index contributed by atoms with van der Waals surface area (Å²) in [7, 11) is -6.01. The average molecular weight is 526 g/mol. The minimum absolute atomic E-state index is 0.0703. The molecule has 0 bridgehead atoms. The Morgan fingerprint density at radius 2 is 1.91 bits per heavy atom. The molecule has 0 spiro atoms. The van der Waals surface area contributed by atoms with Gasteiger partial charge in [-0.25, -0.2) is 31.4 Å². The van der Waals surface area contributed by atoms with Gasteiger partial charge in [0.2, 0.25) is 10.0 Å². The topological polar surface area (TPSA) is 114 Å². The van der Waals surface area contributed by atoms with Gasteiger partial charge in [-0.2, -0.15) is 4.31 Å². The van der Waals surface area contributed by atoms with Crippen LogP contribution in [0.25, 0.3) is 10.9 Å². The molecule has 1 aromatic heterocycles. The first-order valence-corrected chi connectivity index (χ1v) is 14.6. The Bertz CT molecular complexity index is 1480. The summed E-state index contributed by atoms with van der Waals surface area (Å²) in [5.41, 5.74) is 0.814. The number of nitrogens with zero attached hydrogens (tertiary/aromatic N) is 3. The van der Waals surface area contributed by atoms with E-state index in [0.29, 0.717) is 25.1 Å². The maximum atomic E-state index is 15.1. The highest BCUT2D eigenvalue weighted by molar-refractivity contribution is 8.00. The van der Waals surface area contributed by atoms with Crippen LogP contribution in [0, 0.1) is 11.6 Å². The summed E-state index contributed by atoms with van der Waals surface area (Å²) in [4.78, 5) is 8.23. The molecular formula is C22H25F2N5O4S2. The Labute approximate surface area is 202 Å². The number of hydrogen-bond donors (Lipinski definition) is 2. The van der Waals surface area contributed by atoms with E-state index in [2.05, 4.69) is 25.9 Å². The lowest BCUT2D eigenvalue weighted by Gasteiger charge is -2.31. The molecule has 1 saturated heterocycles. The molecule has 2 N–H and O–H groups in total. The van der Waals surface area contributed by atoms with Crippen molar-refractivity contribution in [3.8, 4) is 5.75 Å². The Hall–Kier alpha value is -3.03. The molecule has 2 aromatic carbocycles. The number of fused-ring (bicyclic) bond motifs is 1. The van der Waals surface area contributed by atoms with Crippen molar-refractivity contribution in [1.82, 2.24) is 14.3 Å². The molecule has 2 atom stereocenters. The van der Waals surface area contributed by atoms with Crippen LogP contribution in [0.5, 0.6) is 5.75 Å². The molecule has 2 unspecified atom stereocenters. The zero-order valence-electron chi connectivity index (χ0n) is 19.1. The first-order chi connectivity index (χ1) is 16.4. The fourth-order valence-electron chi connectivity index (χ4n) is 3.85. The molecule has 0 aliphatic carbocycles. The summed E-state index contributed by atoms with van der Waals surface area (Å²) < 4.78 is 74.9. The van der Waals surface area contributed by atoms with Gasteiger partial charge >= 0.3 is 0 Å². The molecule has 188 valence electrons. The van der Waals surface area contributed by atoms with Crippen LogP contribution in [0.2, 0.25) is 0 Å². The quantitative estimate of drug-likeness (QED) is 0.456. The molecule has 9 nitrogen and oxygen atoms in total. The van der Waals surface area contributed by atoms with E-state index in [1.165, 1.54) is 41.2 Å². The van der Waals surface area contributed by atoms with E-state index < -0.39 is 37.5 Å². The highest BCUT2D eigenvalue weighted by Gasteiger charge is 2.28. The van der Waals surface area contributed by atoms with E-state index in [-0.39, 0.29) is 34.7 Å². The number of halogens is 2.